The van der Waals surface area contributed by atoms with Crippen molar-refractivity contribution < 1.29 is 111 Å². The summed E-state index contributed by atoms with van der Waals surface area (Å²) < 4.78 is 245. The van der Waals surface area contributed by atoms with E-state index in [0.717, 1.165) is 65.6 Å². The van der Waals surface area contributed by atoms with Crippen LogP contribution in [0.4, 0.5) is 105 Å². The van der Waals surface area contributed by atoms with Gasteiger partial charge in [-0.3, -0.25) is 40.2 Å². The van der Waals surface area contributed by atoms with Crippen molar-refractivity contribution in [1.29, 1.82) is 0 Å². The number of alkyl halides is 10. The van der Waals surface area contributed by atoms with E-state index in [1.807, 2.05) is 37.3 Å². The maximum Gasteiger partial charge on any atom is 0.425 e. The molecular formula is C74H94ClF9N24O16S4. The second kappa shape index (κ2) is 43.3. The van der Waals surface area contributed by atoms with Crippen molar-refractivity contribution >= 4 is 122 Å². The average Bonchev–Trinajstić information content (AvgIpc) is 1.64. The predicted octanol–water partition coefficient (Wildman–Crippen LogP) is 13.5. The number of aromatic nitrogens is 16. The van der Waals surface area contributed by atoms with Crippen LogP contribution in [0.5, 0.6) is 0 Å². The van der Waals surface area contributed by atoms with Gasteiger partial charge < -0.3 is 18.9 Å². The Kier molecular flexibility index (Phi) is 34.3. The summed E-state index contributed by atoms with van der Waals surface area (Å²) >= 11 is 5.97. The number of benzene rings is 1. The van der Waals surface area contributed by atoms with Crippen LogP contribution in [0.15, 0.2) is 78.9 Å². The Bertz CT molecular complexity index is 5860. The molecule has 54 heteroatoms. The minimum Gasteiger partial charge on any atom is -0.440 e. The molecule has 40 nitrogen and oxygen atoms in total. The summed E-state index contributed by atoms with van der Waals surface area (Å²) in [5.41, 5.74) is 4.89. The number of unbranched alkanes of at least 4 members (excludes halogenated alkanes) is 2. The van der Waals surface area contributed by atoms with Crippen molar-refractivity contribution in [2.45, 2.75) is 161 Å². The lowest BCUT2D eigenvalue weighted by molar-refractivity contribution is -0.220. The number of nitrogens with zero attached hydrogens (tertiary/aromatic N) is 16. The summed E-state index contributed by atoms with van der Waals surface area (Å²) in [7, 11) is -8.07. The number of anilines is 8. The van der Waals surface area contributed by atoms with Crippen molar-refractivity contribution in [2.24, 2.45) is 40.0 Å². The maximum atomic E-state index is 13.6. The number of sulfonamides is 4. The lowest BCUT2D eigenvalue weighted by Crippen LogP contribution is -2.42. The van der Waals surface area contributed by atoms with E-state index >= 15 is 0 Å². The van der Waals surface area contributed by atoms with Gasteiger partial charge in [-0.2, -0.15) is 39.5 Å². The summed E-state index contributed by atoms with van der Waals surface area (Å²) in [6.45, 7) is 8.18. The first kappa shape index (κ1) is 102. The normalized spacial score (nSPS) is 14.2. The summed E-state index contributed by atoms with van der Waals surface area (Å²) in [5, 5.41) is 40.5. The van der Waals surface area contributed by atoms with Crippen LogP contribution in [0.25, 0.3) is 45.6 Å². The molecule has 8 aromatic heterocycles. The summed E-state index contributed by atoms with van der Waals surface area (Å²) in [6, 6.07) is 21.0. The van der Waals surface area contributed by atoms with Gasteiger partial charge in [0, 0.05) is 34.1 Å². The molecule has 2 unspecified atom stereocenters. The van der Waals surface area contributed by atoms with Gasteiger partial charge in [0.15, 0.2) is 58.3 Å². The van der Waals surface area contributed by atoms with Gasteiger partial charge in [-0.25, -0.2) is 91.5 Å². The molecule has 4 atom stereocenters. The zero-order valence-electron chi connectivity index (χ0n) is 71.0. The van der Waals surface area contributed by atoms with Crippen LogP contribution in [0.2, 0.25) is 0 Å². The Balaban J connectivity index is 0.000000211. The second-order valence-corrected chi connectivity index (χ2v) is 36.9. The van der Waals surface area contributed by atoms with E-state index in [1.54, 1.807) is 46.9 Å². The Morgan fingerprint density at radius 1 is 0.430 bits per heavy atom. The number of aryl methyl sites for hydroxylation is 8. The number of ether oxygens (including phenoxy) is 4. The number of nitrogens with one attached hydrogen (secondary N) is 8. The molecule has 9 aromatic rings. The van der Waals surface area contributed by atoms with Crippen molar-refractivity contribution in [3.05, 3.63) is 107 Å². The van der Waals surface area contributed by atoms with Crippen LogP contribution in [-0.2, 0) is 87.2 Å². The van der Waals surface area contributed by atoms with E-state index in [9.17, 15) is 92.4 Å². The molecular weight excluding hydrogens is 1820 g/mol. The molecule has 0 aliphatic heterocycles. The molecule has 700 valence electrons. The van der Waals surface area contributed by atoms with Crippen molar-refractivity contribution in [2.75, 3.05) is 71.1 Å². The van der Waals surface area contributed by atoms with Gasteiger partial charge in [0.2, 0.25) is 46.2 Å². The molecule has 128 heavy (non-hydrogen) atoms. The smallest absolute Gasteiger partial charge is 0.425 e. The number of amides is 4. The predicted molar refractivity (Wildman–Crippen MR) is 452 cm³/mol. The van der Waals surface area contributed by atoms with Gasteiger partial charge in [0.25, 0.3) is 0 Å². The number of pyridine rings is 4. The fraction of sp³-hybridized carbons (Fsp3) is 0.486. The molecule has 8 N–H and O–H groups in total. The van der Waals surface area contributed by atoms with Crippen molar-refractivity contribution in [3.8, 4) is 45.6 Å². The largest absolute Gasteiger partial charge is 0.440 e. The summed E-state index contributed by atoms with van der Waals surface area (Å²) in [6.07, 6.45) is -16.0. The highest BCUT2D eigenvalue weighted by Gasteiger charge is 2.49. The molecule has 2 aliphatic carbocycles. The number of halogens is 10. The molecule has 2 saturated carbocycles. The first-order valence-electron chi connectivity index (χ1n) is 38.8. The number of rotatable bonds is 30. The third kappa shape index (κ3) is 31.0. The molecule has 11 rings (SSSR count). The van der Waals surface area contributed by atoms with Gasteiger partial charge in [-0.05, 0) is 126 Å². The Labute approximate surface area is 734 Å². The van der Waals surface area contributed by atoms with Gasteiger partial charge in [-0.1, -0.05) is 103 Å². The Morgan fingerprint density at radius 3 is 1.02 bits per heavy atom. The van der Waals surface area contributed by atoms with Crippen molar-refractivity contribution in [3.63, 3.8) is 0 Å². The molecule has 0 bridgehead atoms. The third-order valence-corrected chi connectivity index (χ3v) is 21.4. The van der Waals surface area contributed by atoms with E-state index in [0.29, 0.717) is 78.4 Å². The second-order valence-electron chi connectivity index (χ2n) is 29.6. The van der Waals surface area contributed by atoms with E-state index < -0.39 is 113 Å². The number of hydrogen-bond donors (Lipinski definition) is 8. The van der Waals surface area contributed by atoms with E-state index in [2.05, 4.69) is 111 Å². The zero-order chi connectivity index (χ0) is 94.8. The molecule has 0 saturated heterocycles. The minimum atomic E-state index is -4.69. The van der Waals surface area contributed by atoms with E-state index in [4.69, 9.17) is 21.1 Å². The Morgan fingerprint density at radius 2 is 0.742 bits per heavy atom. The van der Waals surface area contributed by atoms with Crippen LogP contribution in [0.3, 0.4) is 0 Å². The molecule has 4 amide bonds. The Hall–Kier alpha value is -11.9. The average molecular weight is 1910 g/mol. The van der Waals surface area contributed by atoms with Gasteiger partial charge in [0.05, 0.1) is 99.2 Å². The topological polar surface area (TPSA) is 512 Å². The number of carbonyl (C=O) groups excluding carboxylic acids is 4. The van der Waals surface area contributed by atoms with Crippen LogP contribution in [0.1, 0.15) is 125 Å². The SMILES string of the molecule is CCCCC[C@H](OC(=O)Nc1c(-c2ccc(NS(C)(=O)=O)c(C)n2)nnn1C)C(F)(F)F.Cc1nc(-c2nnn(C)c2NC(=O)OC(C2CCCCC2)C(F)(F)F)ccc1NS(C)(=O)=O.Cc1nc(-c2nnn(C)c2NC(=O)OC(CCC2CC2)C(F)(F)F)ccc1NS(C)(=O)=O.Cc1nc(-c2nnn(C)c2NC(=O)O[C@H](CCl)c2ccccc2)ccc1NS(C)(=O)=O. The standard InChI is InChI=1S/C19H21ClN6O4S.C19H25F3N6O4S.C18H23F3N6O4S.C18H25F3N6O4S/c1-12-14(24-31(3,28)29)9-10-15(21-12)17-18(26(2)25-23-17)22-19(27)30-16(11-20)13-7-5-4-6-8-13;1-11-13(26-33(3,30)31)9-10-14(23-11)15-17(28(2)27-25-15)24-18(29)32-16(19(20,21)22)12-7-5-4-6-8-12;1-10-12(25-32(3,29)30)7-8-13(22-10)15-16(27(2)26-24-15)23-17(28)31-14(18(19,20)21)9-6-11-4-5-11;1-5-6-7-8-14(18(19,20)21)31-17(28)23-16-15(24-26-27(16)3)13-10-9-12(11(2)22-13)25-32(4,29)30/h4-10,16,24H,11H2,1-3H3,(H,22,27);9-10,12,16,26H,4-8H2,1-3H3,(H,24,29);7-8,11,14,25H,4-6,9H2,1-3H3,(H,23,28);9-10,14,25H,5-8H2,1-4H3,(H,23,28)/t16-;;;14-/m1..0/s1. The lowest BCUT2D eigenvalue weighted by atomic mass is 9.85. The van der Waals surface area contributed by atoms with Crippen LogP contribution >= 0.6 is 11.6 Å². The monoisotopic (exact) mass is 1910 g/mol. The summed E-state index contributed by atoms with van der Waals surface area (Å²) in [5.74, 6) is -0.234. The summed E-state index contributed by atoms with van der Waals surface area (Å²) in [4.78, 5) is 66.5. The van der Waals surface area contributed by atoms with Crippen molar-refractivity contribution in [1.82, 2.24) is 79.9 Å². The van der Waals surface area contributed by atoms with Gasteiger partial charge in [0.1, 0.15) is 6.10 Å². The molecule has 0 spiro atoms. The molecule has 8 heterocycles. The molecule has 2 aliphatic rings. The fourth-order valence-electron chi connectivity index (χ4n) is 12.4. The van der Waals surface area contributed by atoms with Crippen LogP contribution in [-0.4, -0.2) is 206 Å². The van der Waals surface area contributed by atoms with Gasteiger partial charge >= 0.3 is 42.9 Å². The third-order valence-electron chi connectivity index (χ3n) is 18.7. The lowest BCUT2D eigenvalue weighted by Gasteiger charge is -2.31. The highest BCUT2D eigenvalue weighted by atomic mass is 35.5. The molecule has 2 fully saturated rings. The van der Waals surface area contributed by atoms with E-state index in [1.165, 1.54) is 66.9 Å². The van der Waals surface area contributed by atoms with Crippen LogP contribution < -0.4 is 40.2 Å². The van der Waals surface area contributed by atoms with E-state index in [-0.39, 0.29) is 106 Å². The molecule has 1 aromatic carbocycles. The minimum absolute atomic E-state index is 0.0136. The quantitative estimate of drug-likeness (QED) is 0.00897. The molecule has 0 radical (unpaired) electrons. The highest BCUT2D eigenvalue weighted by molar-refractivity contribution is 7.92. The maximum absolute atomic E-state index is 13.6. The number of hydrogen-bond acceptors (Lipinski definition) is 28. The fourth-order valence-corrected chi connectivity index (χ4v) is 15.1. The van der Waals surface area contributed by atoms with Gasteiger partial charge in [-0.15, -0.1) is 32.0 Å². The number of carbonyl (C=O) groups is 4. The van der Waals surface area contributed by atoms with Crippen LogP contribution in [0, 0.1) is 39.5 Å². The highest BCUT2D eigenvalue weighted by Crippen LogP contribution is 2.40. The first-order chi connectivity index (χ1) is 59.7. The zero-order valence-corrected chi connectivity index (χ0v) is 75.0. The first-order valence-corrected chi connectivity index (χ1v) is 46.9.